The van der Waals surface area contributed by atoms with Crippen molar-refractivity contribution in [3.63, 3.8) is 0 Å². The van der Waals surface area contributed by atoms with Gasteiger partial charge in [-0.1, -0.05) is 47.7 Å². The van der Waals surface area contributed by atoms with Crippen molar-refractivity contribution < 1.29 is 9.18 Å². The molecule has 4 rings (SSSR count). The maximum atomic E-state index is 13.1. The van der Waals surface area contributed by atoms with Crippen LogP contribution >= 0.6 is 11.8 Å². The van der Waals surface area contributed by atoms with Crippen LogP contribution in [0.25, 0.3) is 0 Å². The topological polar surface area (TPSA) is 64.0 Å². The van der Waals surface area contributed by atoms with Gasteiger partial charge in [-0.3, -0.25) is 9.59 Å². The Hall–Kier alpha value is -2.93. The summed E-state index contributed by atoms with van der Waals surface area (Å²) < 4.78 is 14.9. The molecule has 0 saturated carbocycles. The number of halogens is 1. The van der Waals surface area contributed by atoms with E-state index < -0.39 is 0 Å². The molecule has 154 valence electrons. The van der Waals surface area contributed by atoms with Gasteiger partial charge in [0.1, 0.15) is 11.6 Å². The highest BCUT2D eigenvalue weighted by Crippen LogP contribution is 2.37. The monoisotopic (exact) mass is 423 g/mol. The van der Waals surface area contributed by atoms with Gasteiger partial charge < -0.3 is 9.88 Å². The van der Waals surface area contributed by atoms with E-state index in [1.165, 1.54) is 23.9 Å². The van der Waals surface area contributed by atoms with Crippen molar-refractivity contribution in [1.29, 1.82) is 0 Å². The first-order valence-electron chi connectivity index (χ1n) is 9.68. The number of anilines is 1. The van der Waals surface area contributed by atoms with E-state index in [1.807, 2.05) is 32.0 Å². The molecule has 0 bridgehead atoms. The Morgan fingerprint density at radius 3 is 2.63 bits per heavy atom. The Morgan fingerprint density at radius 2 is 1.90 bits per heavy atom. The Labute approximate surface area is 178 Å². The third-order valence-corrected chi connectivity index (χ3v) is 6.49. The zero-order valence-corrected chi connectivity index (χ0v) is 17.8. The van der Waals surface area contributed by atoms with Gasteiger partial charge in [-0.25, -0.2) is 4.39 Å². The lowest BCUT2D eigenvalue weighted by Crippen LogP contribution is -2.33. The summed E-state index contributed by atoms with van der Waals surface area (Å²) in [6.45, 7) is 3.99. The van der Waals surface area contributed by atoms with Crippen LogP contribution in [0.4, 0.5) is 10.2 Å². The predicted molar refractivity (Wildman–Crippen MR) is 116 cm³/mol. The molecule has 2 aromatic carbocycles. The summed E-state index contributed by atoms with van der Waals surface area (Å²) >= 11 is 1.37. The molecular formula is C23H22FN3O2S. The van der Waals surface area contributed by atoms with Gasteiger partial charge in [0.05, 0.1) is 5.56 Å². The van der Waals surface area contributed by atoms with E-state index in [0.717, 1.165) is 22.3 Å². The maximum absolute atomic E-state index is 13.1. The molecule has 1 aliphatic heterocycles. The number of amides is 1. The van der Waals surface area contributed by atoms with Gasteiger partial charge in [0.2, 0.25) is 5.91 Å². The number of benzene rings is 2. The lowest BCUT2D eigenvalue weighted by atomic mass is 9.84. The molecular weight excluding hydrogens is 401 g/mol. The second-order valence-electron chi connectivity index (χ2n) is 7.60. The molecule has 0 fully saturated rings. The number of fused-ring (bicyclic) bond motifs is 1. The number of nitrogens with one attached hydrogen (secondary N) is 1. The molecule has 1 N–H and O–H groups in total. The maximum Gasteiger partial charge on any atom is 0.279 e. The molecule has 30 heavy (non-hydrogen) atoms. The van der Waals surface area contributed by atoms with Crippen molar-refractivity contribution in [2.75, 3.05) is 5.32 Å². The highest BCUT2D eigenvalue weighted by molar-refractivity contribution is 7.98. The minimum atomic E-state index is -0.324. The van der Waals surface area contributed by atoms with Crippen LogP contribution in [0.5, 0.6) is 0 Å². The van der Waals surface area contributed by atoms with E-state index in [0.29, 0.717) is 22.3 Å². The molecule has 0 spiro atoms. The number of carbonyl (C=O) groups excluding carboxylic acids is 1. The van der Waals surface area contributed by atoms with Crippen LogP contribution < -0.4 is 10.9 Å². The Balaban J connectivity index is 1.74. The number of hydrogen-bond donors (Lipinski definition) is 1. The van der Waals surface area contributed by atoms with Crippen molar-refractivity contribution in [1.82, 2.24) is 9.55 Å². The van der Waals surface area contributed by atoms with Crippen LogP contribution in [-0.2, 0) is 17.6 Å². The highest BCUT2D eigenvalue weighted by Gasteiger charge is 2.32. The Kier molecular flexibility index (Phi) is 5.47. The number of nitrogens with zero attached hydrogens (tertiary/aromatic N) is 2. The van der Waals surface area contributed by atoms with Crippen LogP contribution in [0, 0.1) is 19.7 Å². The summed E-state index contributed by atoms with van der Waals surface area (Å²) in [7, 11) is 1.80. The fourth-order valence-electron chi connectivity index (χ4n) is 3.79. The Morgan fingerprint density at radius 1 is 1.17 bits per heavy atom. The molecule has 0 saturated heterocycles. The van der Waals surface area contributed by atoms with E-state index >= 15 is 0 Å². The molecule has 1 aromatic heterocycles. The molecule has 1 amide bonds. The van der Waals surface area contributed by atoms with Crippen LogP contribution in [-0.4, -0.2) is 15.5 Å². The molecule has 3 aromatic rings. The largest absolute Gasteiger partial charge is 0.312 e. The number of rotatable bonds is 4. The second-order valence-corrected chi connectivity index (χ2v) is 8.54. The third kappa shape index (κ3) is 3.89. The summed E-state index contributed by atoms with van der Waals surface area (Å²) in [6.07, 6.45) is 0.219. The SMILES string of the molecule is Cc1ccc(C)c([C@@H]2CC(=O)Nc3c2c(=O)nc(SCc2ccc(F)cc2)n3C)c1. The zero-order chi connectivity index (χ0) is 21.4. The fraction of sp³-hybridized carbons (Fsp3) is 0.261. The average molecular weight is 424 g/mol. The number of hydrogen-bond acceptors (Lipinski definition) is 4. The molecule has 1 atom stereocenters. The van der Waals surface area contributed by atoms with Crippen LogP contribution in [0.15, 0.2) is 52.4 Å². The minimum Gasteiger partial charge on any atom is -0.312 e. The quantitative estimate of drug-likeness (QED) is 0.502. The molecule has 1 aliphatic rings. The van der Waals surface area contributed by atoms with Gasteiger partial charge in [0, 0.05) is 25.1 Å². The summed E-state index contributed by atoms with van der Waals surface area (Å²) in [5.41, 5.74) is 4.23. The fourth-order valence-corrected chi connectivity index (χ4v) is 4.71. The van der Waals surface area contributed by atoms with Crippen LogP contribution in [0.3, 0.4) is 0 Å². The predicted octanol–water partition coefficient (Wildman–Crippen LogP) is 4.30. The zero-order valence-electron chi connectivity index (χ0n) is 17.0. The average Bonchev–Trinajstić information content (AvgIpc) is 2.72. The van der Waals surface area contributed by atoms with Gasteiger partial charge in [-0.05, 0) is 42.7 Å². The molecule has 0 unspecified atom stereocenters. The number of aryl methyl sites for hydroxylation is 2. The summed E-state index contributed by atoms with van der Waals surface area (Å²) in [5.74, 6) is 0.301. The molecule has 2 heterocycles. The standard InChI is InChI=1S/C23H22FN3O2S/c1-13-4-5-14(2)17(10-13)18-11-19(28)25-21-20(18)22(29)26-23(27(21)3)30-12-15-6-8-16(24)9-7-15/h4-10,18H,11-12H2,1-3H3,(H,25,28)/t18-/m0/s1. The van der Waals surface area contributed by atoms with Crippen molar-refractivity contribution >= 4 is 23.5 Å². The van der Waals surface area contributed by atoms with Crippen LogP contribution in [0.2, 0.25) is 0 Å². The third-order valence-electron chi connectivity index (χ3n) is 5.39. The summed E-state index contributed by atoms with van der Waals surface area (Å²) in [6, 6.07) is 12.3. The van der Waals surface area contributed by atoms with E-state index in [1.54, 1.807) is 23.7 Å². The summed E-state index contributed by atoms with van der Waals surface area (Å²) in [4.78, 5) is 29.9. The number of carbonyl (C=O) groups is 1. The first-order chi connectivity index (χ1) is 14.3. The highest BCUT2D eigenvalue weighted by atomic mass is 32.2. The minimum absolute atomic E-state index is 0.121. The van der Waals surface area contributed by atoms with Crippen molar-refractivity contribution in [3.8, 4) is 0 Å². The van der Waals surface area contributed by atoms with Gasteiger partial charge >= 0.3 is 0 Å². The Bertz CT molecular complexity index is 1190. The molecule has 0 radical (unpaired) electrons. The summed E-state index contributed by atoms with van der Waals surface area (Å²) in [5, 5.41) is 3.37. The second kappa shape index (κ2) is 8.07. The smallest absolute Gasteiger partial charge is 0.279 e. The first-order valence-corrected chi connectivity index (χ1v) is 10.7. The van der Waals surface area contributed by atoms with Gasteiger partial charge in [0.25, 0.3) is 5.56 Å². The van der Waals surface area contributed by atoms with Crippen molar-refractivity contribution in [2.24, 2.45) is 7.05 Å². The molecule has 7 heteroatoms. The molecule has 5 nitrogen and oxygen atoms in total. The molecule has 0 aliphatic carbocycles. The van der Waals surface area contributed by atoms with E-state index in [-0.39, 0.29) is 29.6 Å². The number of aromatic nitrogens is 2. The number of thioether (sulfide) groups is 1. The lowest BCUT2D eigenvalue weighted by Gasteiger charge is -2.28. The van der Waals surface area contributed by atoms with Crippen molar-refractivity contribution in [2.45, 2.75) is 37.1 Å². The van der Waals surface area contributed by atoms with Gasteiger partial charge in [0.15, 0.2) is 5.16 Å². The van der Waals surface area contributed by atoms with E-state index in [4.69, 9.17) is 0 Å². The van der Waals surface area contributed by atoms with E-state index in [2.05, 4.69) is 10.3 Å². The van der Waals surface area contributed by atoms with Crippen molar-refractivity contribution in [3.05, 3.63) is 86.5 Å². The normalized spacial score (nSPS) is 15.6. The van der Waals surface area contributed by atoms with Gasteiger partial charge in [-0.2, -0.15) is 4.98 Å². The first kappa shape index (κ1) is 20.3. The van der Waals surface area contributed by atoms with Gasteiger partial charge in [-0.15, -0.1) is 0 Å². The lowest BCUT2D eigenvalue weighted by molar-refractivity contribution is -0.116. The van der Waals surface area contributed by atoms with E-state index in [9.17, 15) is 14.0 Å². The van der Waals surface area contributed by atoms with Crippen LogP contribution in [0.1, 0.15) is 40.2 Å².